The molecule has 164 valence electrons. The van der Waals surface area contributed by atoms with Crippen molar-refractivity contribution >= 4 is 28.2 Å². The second-order valence-corrected chi connectivity index (χ2v) is 8.40. The quantitative estimate of drug-likeness (QED) is 0.398. The Morgan fingerprint density at radius 2 is 1.81 bits per heavy atom. The molecule has 2 aromatic carbocycles. The highest BCUT2D eigenvalue weighted by Gasteiger charge is 2.16. The van der Waals surface area contributed by atoms with Gasteiger partial charge in [-0.15, -0.1) is 0 Å². The zero-order valence-corrected chi connectivity index (χ0v) is 19.2. The Hall–Kier alpha value is -3.38. The topological polar surface area (TPSA) is 61.3 Å². The average molecular weight is 446 g/mol. The molecular weight excluding hydrogens is 418 g/mol. The lowest BCUT2D eigenvalue weighted by Crippen LogP contribution is -2.40. The number of thiocarbonyl (C=S) groups is 1. The molecule has 4 rings (SSSR count). The third-order valence-electron chi connectivity index (χ3n) is 5.63. The minimum Gasteiger partial charge on any atom is -0.467 e. The number of nitrogens with zero attached hydrogens (tertiary/aromatic N) is 1. The number of hydrogen-bond donors (Lipinski definition) is 2. The smallest absolute Gasteiger partial charge is 0.253 e. The molecule has 0 saturated heterocycles. The van der Waals surface area contributed by atoms with Crippen LogP contribution in [-0.2, 0) is 19.5 Å². The van der Waals surface area contributed by atoms with Gasteiger partial charge in [-0.25, -0.2) is 0 Å². The maximum Gasteiger partial charge on any atom is 0.253 e. The molecule has 0 fully saturated rings. The molecule has 6 heteroatoms. The van der Waals surface area contributed by atoms with E-state index in [1.165, 1.54) is 5.56 Å². The van der Waals surface area contributed by atoms with Crippen molar-refractivity contribution in [3.05, 3.63) is 105 Å². The monoisotopic (exact) mass is 445 g/mol. The number of aromatic amines is 1. The molecule has 0 aliphatic carbocycles. The number of aryl methyl sites for hydroxylation is 2. The summed E-state index contributed by atoms with van der Waals surface area (Å²) in [5, 5.41) is 5.00. The van der Waals surface area contributed by atoms with Crippen LogP contribution in [0.1, 0.15) is 28.0 Å². The van der Waals surface area contributed by atoms with Crippen molar-refractivity contribution in [1.29, 1.82) is 0 Å². The number of benzene rings is 2. The number of rotatable bonds is 7. The summed E-state index contributed by atoms with van der Waals surface area (Å²) in [6.07, 6.45) is 2.51. The minimum absolute atomic E-state index is 0.0947. The van der Waals surface area contributed by atoms with Crippen molar-refractivity contribution in [2.75, 3.05) is 6.54 Å². The standard InChI is InChI=1S/C26H27N3O2S/c1-18-10-11-19(2)24-23(18)15-21(25(30)28-24)16-29(17-22-9-6-14-31-22)26(32)27-13-12-20-7-4-3-5-8-20/h3-11,14-15H,12-13,16-17H2,1-2H3,(H,27,32)(H,28,30). The van der Waals surface area contributed by atoms with Crippen molar-refractivity contribution < 1.29 is 4.42 Å². The van der Waals surface area contributed by atoms with Crippen LogP contribution in [-0.4, -0.2) is 21.5 Å². The fourth-order valence-electron chi connectivity index (χ4n) is 3.80. The van der Waals surface area contributed by atoms with Crippen molar-refractivity contribution in [3.8, 4) is 0 Å². The molecule has 0 amide bonds. The number of fused-ring (bicyclic) bond motifs is 1. The Balaban J connectivity index is 1.55. The summed E-state index contributed by atoms with van der Waals surface area (Å²) in [5.74, 6) is 0.793. The van der Waals surface area contributed by atoms with E-state index in [-0.39, 0.29) is 5.56 Å². The van der Waals surface area contributed by atoms with Crippen LogP contribution in [0, 0.1) is 13.8 Å². The maximum atomic E-state index is 12.9. The summed E-state index contributed by atoms with van der Waals surface area (Å²) in [6.45, 7) is 5.64. The largest absolute Gasteiger partial charge is 0.467 e. The molecule has 0 radical (unpaired) electrons. The summed E-state index contributed by atoms with van der Waals surface area (Å²) in [6, 6.07) is 20.1. The minimum atomic E-state index is -0.0947. The Morgan fingerprint density at radius 3 is 2.56 bits per heavy atom. The van der Waals surface area contributed by atoms with Gasteiger partial charge in [0.2, 0.25) is 0 Å². The molecule has 2 heterocycles. The summed E-state index contributed by atoms with van der Waals surface area (Å²) in [7, 11) is 0. The highest BCUT2D eigenvalue weighted by atomic mass is 32.1. The SMILES string of the molecule is Cc1ccc(C)c2[nH]c(=O)c(CN(Cc3ccco3)C(=S)NCCc3ccccc3)cc12. The number of nitrogens with one attached hydrogen (secondary N) is 2. The van der Waals surface area contributed by atoms with Crippen molar-refractivity contribution in [2.45, 2.75) is 33.4 Å². The second kappa shape index (κ2) is 9.83. The van der Waals surface area contributed by atoms with E-state index in [4.69, 9.17) is 16.6 Å². The highest BCUT2D eigenvalue weighted by Crippen LogP contribution is 2.20. The van der Waals surface area contributed by atoms with Crippen LogP contribution in [0.2, 0.25) is 0 Å². The molecule has 0 unspecified atom stereocenters. The van der Waals surface area contributed by atoms with Gasteiger partial charge in [0, 0.05) is 17.5 Å². The van der Waals surface area contributed by atoms with Crippen LogP contribution in [0.25, 0.3) is 10.9 Å². The van der Waals surface area contributed by atoms with E-state index in [9.17, 15) is 4.79 Å². The van der Waals surface area contributed by atoms with E-state index in [0.29, 0.717) is 30.3 Å². The summed E-state index contributed by atoms with van der Waals surface area (Å²) in [4.78, 5) is 17.9. The van der Waals surface area contributed by atoms with E-state index in [1.54, 1.807) is 6.26 Å². The van der Waals surface area contributed by atoms with Crippen LogP contribution in [0.3, 0.4) is 0 Å². The summed E-state index contributed by atoms with van der Waals surface area (Å²) >= 11 is 5.71. The van der Waals surface area contributed by atoms with Crippen molar-refractivity contribution in [1.82, 2.24) is 15.2 Å². The number of aromatic nitrogens is 1. The Morgan fingerprint density at radius 1 is 1.03 bits per heavy atom. The zero-order valence-electron chi connectivity index (χ0n) is 18.4. The summed E-state index contributed by atoms with van der Waals surface area (Å²) in [5.41, 5.74) is 4.90. The second-order valence-electron chi connectivity index (χ2n) is 8.01. The number of furan rings is 1. The molecule has 0 atom stereocenters. The van der Waals surface area contributed by atoms with Gasteiger partial charge in [-0.05, 0) is 67.4 Å². The van der Waals surface area contributed by atoms with Crippen LogP contribution >= 0.6 is 12.2 Å². The molecule has 32 heavy (non-hydrogen) atoms. The van der Waals surface area contributed by atoms with E-state index < -0.39 is 0 Å². The molecule has 0 saturated carbocycles. The summed E-state index contributed by atoms with van der Waals surface area (Å²) < 4.78 is 5.55. The van der Waals surface area contributed by atoms with E-state index in [1.807, 2.05) is 54.3 Å². The molecule has 0 spiro atoms. The van der Waals surface area contributed by atoms with Crippen LogP contribution in [0.15, 0.2) is 76.1 Å². The third-order valence-corrected chi connectivity index (χ3v) is 6.03. The first kappa shape index (κ1) is 21.8. The van der Waals surface area contributed by atoms with Crippen LogP contribution in [0.5, 0.6) is 0 Å². The molecule has 0 aliphatic heterocycles. The van der Waals surface area contributed by atoms with E-state index >= 15 is 0 Å². The van der Waals surface area contributed by atoms with Gasteiger partial charge >= 0.3 is 0 Å². The predicted molar refractivity (Wildman–Crippen MR) is 133 cm³/mol. The van der Waals surface area contributed by atoms with Crippen molar-refractivity contribution in [2.24, 2.45) is 0 Å². The Kier molecular flexibility index (Phi) is 6.71. The number of pyridine rings is 1. The molecule has 4 aromatic rings. The molecular formula is C26H27N3O2S. The Labute approximate surface area is 193 Å². The third kappa shape index (κ3) is 5.08. The first-order valence-corrected chi connectivity index (χ1v) is 11.1. The van der Waals surface area contributed by atoms with Gasteiger partial charge in [-0.2, -0.15) is 0 Å². The number of H-pyrrole nitrogens is 1. The van der Waals surface area contributed by atoms with Gasteiger partial charge in [0.25, 0.3) is 5.56 Å². The molecule has 0 aliphatic rings. The van der Waals surface area contributed by atoms with Gasteiger partial charge < -0.3 is 19.6 Å². The normalized spacial score (nSPS) is 10.9. The van der Waals surface area contributed by atoms with Gasteiger partial charge in [0.1, 0.15) is 5.76 Å². The first-order chi connectivity index (χ1) is 15.5. The highest BCUT2D eigenvalue weighted by molar-refractivity contribution is 7.80. The fourth-order valence-corrected chi connectivity index (χ4v) is 4.03. The van der Waals surface area contributed by atoms with Gasteiger partial charge in [0.05, 0.1) is 24.9 Å². The predicted octanol–water partition coefficient (Wildman–Crippen LogP) is 4.86. The first-order valence-electron chi connectivity index (χ1n) is 10.7. The van der Waals surface area contributed by atoms with Crippen molar-refractivity contribution in [3.63, 3.8) is 0 Å². The maximum absolute atomic E-state index is 12.9. The van der Waals surface area contributed by atoms with E-state index in [0.717, 1.165) is 34.2 Å². The lowest BCUT2D eigenvalue weighted by Gasteiger charge is -2.25. The molecule has 5 nitrogen and oxygen atoms in total. The molecule has 2 aromatic heterocycles. The van der Waals surface area contributed by atoms with Crippen LogP contribution in [0.4, 0.5) is 0 Å². The number of hydrogen-bond acceptors (Lipinski definition) is 3. The van der Waals surface area contributed by atoms with E-state index in [2.05, 4.69) is 35.4 Å². The fraction of sp³-hybridized carbons (Fsp3) is 0.231. The van der Waals surface area contributed by atoms with Gasteiger partial charge in [-0.1, -0.05) is 42.5 Å². The lowest BCUT2D eigenvalue weighted by atomic mass is 10.0. The average Bonchev–Trinajstić information content (AvgIpc) is 3.30. The zero-order chi connectivity index (χ0) is 22.5. The Bertz CT molecular complexity index is 1260. The molecule has 0 bridgehead atoms. The van der Waals surface area contributed by atoms with Gasteiger partial charge in [-0.3, -0.25) is 4.79 Å². The van der Waals surface area contributed by atoms with Gasteiger partial charge in [0.15, 0.2) is 5.11 Å². The molecule has 2 N–H and O–H groups in total. The lowest BCUT2D eigenvalue weighted by molar-refractivity contribution is 0.350. The van der Waals surface area contributed by atoms with Crippen LogP contribution < -0.4 is 10.9 Å².